The van der Waals surface area contributed by atoms with E-state index in [9.17, 15) is 5.26 Å². The van der Waals surface area contributed by atoms with Gasteiger partial charge in [0.15, 0.2) is 0 Å². The molecule has 0 spiro atoms. The Balaban J connectivity index is 1.40. The highest BCUT2D eigenvalue weighted by molar-refractivity contribution is 6.35. The molecule has 11 rings (SSSR count). The van der Waals surface area contributed by atoms with E-state index >= 15 is 0 Å². The fourth-order valence-corrected chi connectivity index (χ4v) is 8.05. The molecule has 0 aliphatic rings. The molecule has 0 fully saturated rings. The van der Waals surface area contributed by atoms with Gasteiger partial charge in [-0.1, -0.05) is 103 Å². The number of rotatable bonds is 2. The Kier molecular flexibility index (Phi) is 4.85. The van der Waals surface area contributed by atoms with Crippen molar-refractivity contribution in [3.05, 3.63) is 145 Å². The minimum atomic E-state index is 0.618. The van der Waals surface area contributed by atoms with Crippen molar-refractivity contribution in [2.45, 2.75) is 0 Å². The molecule has 0 atom stereocenters. The van der Waals surface area contributed by atoms with Crippen LogP contribution < -0.4 is 0 Å². The molecule has 0 aliphatic carbocycles. The van der Waals surface area contributed by atoms with Gasteiger partial charge in [-0.05, 0) is 41.8 Å². The molecular weight excluding hydrogens is 587 g/mol. The summed E-state index contributed by atoms with van der Waals surface area (Å²) in [6, 6.07) is 51.0. The van der Waals surface area contributed by atoms with Gasteiger partial charge in [-0.15, -0.1) is 0 Å². The standard InChI is InChI=1S/C43H23N5/c44-24-25-17-19-27(20-18-25)39-31-12-3-6-14-35(31)45-43(46-39)48-40-28-10-2-1-9-26(28)21-22-30(40)34-23-33-29-11-4-7-15-36(29)47-37-16-8-5-13-32(37)38(41(33)47)42(34)48/h1-23H. The van der Waals surface area contributed by atoms with E-state index in [-0.39, 0.29) is 0 Å². The number of benzene rings is 7. The highest BCUT2D eigenvalue weighted by Gasteiger charge is 2.26. The smallest absolute Gasteiger partial charge is 0.235 e. The normalized spacial score (nSPS) is 12.1. The Bertz CT molecular complexity index is 3170. The van der Waals surface area contributed by atoms with Gasteiger partial charge in [-0.25, -0.2) is 9.97 Å². The van der Waals surface area contributed by atoms with Crippen molar-refractivity contribution in [2.24, 2.45) is 0 Å². The number of aromatic nitrogens is 4. The first-order valence-corrected chi connectivity index (χ1v) is 16.1. The average molecular weight is 610 g/mol. The van der Waals surface area contributed by atoms with E-state index < -0.39 is 0 Å². The lowest BCUT2D eigenvalue weighted by Gasteiger charge is -2.13. The summed E-state index contributed by atoms with van der Waals surface area (Å²) in [6.45, 7) is 0. The summed E-state index contributed by atoms with van der Waals surface area (Å²) in [4.78, 5) is 10.7. The van der Waals surface area contributed by atoms with Crippen molar-refractivity contribution in [3.63, 3.8) is 0 Å². The third-order valence-corrected chi connectivity index (χ3v) is 10.1. The average Bonchev–Trinajstić information content (AvgIpc) is 3.79. The lowest BCUT2D eigenvalue weighted by molar-refractivity contribution is 1.02. The number of hydrogen-bond acceptors (Lipinski definition) is 3. The lowest BCUT2D eigenvalue weighted by atomic mass is 10.0. The van der Waals surface area contributed by atoms with Crippen LogP contribution in [0.15, 0.2) is 140 Å². The van der Waals surface area contributed by atoms with Crippen molar-refractivity contribution in [1.82, 2.24) is 18.9 Å². The van der Waals surface area contributed by atoms with E-state index in [1.807, 2.05) is 36.4 Å². The first-order chi connectivity index (χ1) is 23.8. The van der Waals surface area contributed by atoms with Crippen LogP contribution in [-0.2, 0) is 0 Å². The maximum atomic E-state index is 9.49. The SMILES string of the molecule is N#Cc1ccc(-c2nc(-n3c4c5ccccc5ccc4c4cc5c6ccccc6n6c7ccccc7c(c43)c56)nc3ccccc23)cc1. The molecule has 0 amide bonds. The summed E-state index contributed by atoms with van der Waals surface area (Å²) < 4.78 is 4.74. The number of fused-ring (bicyclic) bond motifs is 13. The molecule has 7 aromatic carbocycles. The zero-order valence-corrected chi connectivity index (χ0v) is 25.5. The van der Waals surface area contributed by atoms with Crippen LogP contribution in [0.25, 0.3) is 98.8 Å². The quantitative estimate of drug-likeness (QED) is 0.196. The Morgan fingerprint density at radius 1 is 0.500 bits per heavy atom. The van der Waals surface area contributed by atoms with E-state index in [4.69, 9.17) is 9.97 Å². The van der Waals surface area contributed by atoms with Gasteiger partial charge in [0, 0.05) is 48.7 Å². The second-order valence-corrected chi connectivity index (χ2v) is 12.5. The van der Waals surface area contributed by atoms with Crippen molar-refractivity contribution in [3.8, 4) is 23.3 Å². The van der Waals surface area contributed by atoms with Gasteiger partial charge >= 0.3 is 0 Å². The summed E-state index contributed by atoms with van der Waals surface area (Å²) in [5, 5.41) is 20.0. The predicted octanol–water partition coefficient (Wildman–Crippen LogP) is 10.6. The molecule has 0 unspecified atom stereocenters. The molecule has 11 aromatic rings. The zero-order chi connectivity index (χ0) is 31.5. The predicted molar refractivity (Wildman–Crippen MR) is 196 cm³/mol. The highest BCUT2D eigenvalue weighted by Crippen LogP contribution is 2.47. The van der Waals surface area contributed by atoms with Gasteiger partial charge in [-0.2, -0.15) is 5.26 Å². The molecule has 4 heterocycles. The Morgan fingerprint density at radius 2 is 1.17 bits per heavy atom. The van der Waals surface area contributed by atoms with Crippen molar-refractivity contribution in [1.29, 1.82) is 5.26 Å². The Hall–Kier alpha value is -6.77. The van der Waals surface area contributed by atoms with Crippen LogP contribution in [0, 0.1) is 11.3 Å². The van der Waals surface area contributed by atoms with E-state index in [1.54, 1.807) is 0 Å². The van der Waals surface area contributed by atoms with E-state index in [1.165, 1.54) is 54.3 Å². The summed E-state index contributed by atoms with van der Waals surface area (Å²) in [5.74, 6) is 0.618. The molecule has 5 nitrogen and oxygen atoms in total. The van der Waals surface area contributed by atoms with E-state index in [0.29, 0.717) is 11.5 Å². The van der Waals surface area contributed by atoms with E-state index in [0.717, 1.165) is 38.6 Å². The molecule has 0 saturated carbocycles. The topological polar surface area (TPSA) is 58.9 Å². The number of nitrogens with zero attached hydrogens (tertiary/aromatic N) is 5. The minimum absolute atomic E-state index is 0.618. The first kappa shape index (κ1) is 25.4. The molecule has 48 heavy (non-hydrogen) atoms. The van der Waals surface area contributed by atoms with Crippen LogP contribution >= 0.6 is 0 Å². The largest absolute Gasteiger partial charge is 0.308 e. The summed E-state index contributed by atoms with van der Waals surface area (Å²) in [7, 11) is 0. The van der Waals surface area contributed by atoms with Crippen molar-refractivity contribution in [2.75, 3.05) is 0 Å². The van der Waals surface area contributed by atoms with Crippen LogP contribution in [0.3, 0.4) is 0 Å². The van der Waals surface area contributed by atoms with Gasteiger partial charge in [-0.3, -0.25) is 4.57 Å². The van der Waals surface area contributed by atoms with Gasteiger partial charge in [0.25, 0.3) is 0 Å². The summed E-state index contributed by atoms with van der Waals surface area (Å²) >= 11 is 0. The van der Waals surface area contributed by atoms with Crippen molar-refractivity contribution >= 4 is 81.6 Å². The maximum Gasteiger partial charge on any atom is 0.235 e. The third kappa shape index (κ3) is 3.18. The molecule has 0 saturated heterocycles. The molecule has 0 bridgehead atoms. The van der Waals surface area contributed by atoms with Crippen LogP contribution in [0.2, 0.25) is 0 Å². The molecule has 0 aliphatic heterocycles. The van der Waals surface area contributed by atoms with Crippen LogP contribution in [-0.4, -0.2) is 18.9 Å². The second-order valence-electron chi connectivity index (χ2n) is 12.5. The van der Waals surface area contributed by atoms with Gasteiger partial charge < -0.3 is 4.40 Å². The molecular formula is C43H23N5. The number of hydrogen-bond donors (Lipinski definition) is 0. The summed E-state index contributed by atoms with van der Waals surface area (Å²) in [6.07, 6.45) is 0. The Morgan fingerprint density at radius 3 is 1.98 bits per heavy atom. The minimum Gasteiger partial charge on any atom is -0.308 e. The highest BCUT2D eigenvalue weighted by atomic mass is 15.2. The zero-order valence-electron chi connectivity index (χ0n) is 25.5. The first-order valence-electron chi connectivity index (χ1n) is 16.1. The fourth-order valence-electron chi connectivity index (χ4n) is 8.05. The number of para-hydroxylation sites is 3. The Labute approximate surface area is 273 Å². The maximum absolute atomic E-state index is 9.49. The molecule has 0 radical (unpaired) electrons. The monoisotopic (exact) mass is 609 g/mol. The third-order valence-electron chi connectivity index (χ3n) is 10.1. The molecule has 5 heteroatoms. The van der Waals surface area contributed by atoms with Crippen LogP contribution in [0.5, 0.6) is 0 Å². The molecule has 4 aromatic heterocycles. The van der Waals surface area contributed by atoms with Crippen LogP contribution in [0.4, 0.5) is 0 Å². The van der Waals surface area contributed by atoms with Gasteiger partial charge in [0.2, 0.25) is 5.95 Å². The van der Waals surface area contributed by atoms with Gasteiger partial charge in [0.1, 0.15) is 0 Å². The molecule has 0 N–H and O–H groups in total. The summed E-state index contributed by atoms with van der Waals surface area (Å²) in [5.41, 5.74) is 9.06. The fraction of sp³-hybridized carbons (Fsp3) is 0. The number of nitriles is 1. The second kappa shape index (κ2) is 9.16. The molecule has 220 valence electrons. The lowest BCUT2D eigenvalue weighted by Crippen LogP contribution is -2.04. The van der Waals surface area contributed by atoms with Crippen LogP contribution in [0.1, 0.15) is 5.56 Å². The van der Waals surface area contributed by atoms with Gasteiger partial charge in [0.05, 0.1) is 50.4 Å². The van der Waals surface area contributed by atoms with Crippen molar-refractivity contribution < 1.29 is 0 Å². The van der Waals surface area contributed by atoms with E-state index in [2.05, 4.69) is 118 Å².